The number of nitrogens with two attached hydrogens (primary N) is 1. The first kappa shape index (κ1) is 34.1. The van der Waals surface area contributed by atoms with Crippen molar-refractivity contribution in [3.8, 4) is 11.5 Å². The Morgan fingerprint density at radius 2 is 1.85 bits per heavy atom. The van der Waals surface area contributed by atoms with Gasteiger partial charge in [0.15, 0.2) is 18.2 Å². The Kier molecular flexibility index (Phi) is 12.4. The number of benzene rings is 3. The number of phenolic OH excluding ortho intramolecular Hbond substituents is 1. The SMILES string of the molecule is CCCCCC(O)CC(=O)CCc1ccc(O)c(OCN2C=C3N=CC(Cc4cccc(C(N)NCCc5ccccc5)c4)=C3C2)c1. The first-order valence-corrected chi connectivity index (χ1v) is 16.9. The van der Waals surface area contributed by atoms with Gasteiger partial charge in [0.05, 0.1) is 18.0 Å². The summed E-state index contributed by atoms with van der Waals surface area (Å²) in [4.78, 5) is 19.1. The van der Waals surface area contributed by atoms with Crippen LogP contribution in [-0.4, -0.2) is 53.0 Å². The predicted molar refractivity (Wildman–Crippen MR) is 187 cm³/mol. The molecule has 0 amide bonds. The van der Waals surface area contributed by atoms with Crippen LogP contribution in [0.3, 0.4) is 0 Å². The van der Waals surface area contributed by atoms with Crippen molar-refractivity contribution in [1.82, 2.24) is 10.2 Å². The molecule has 0 saturated heterocycles. The molecule has 2 atom stereocenters. The number of allylic oxidation sites excluding steroid dienone is 1. The first-order valence-electron chi connectivity index (χ1n) is 16.9. The maximum atomic E-state index is 12.4. The number of aromatic hydroxyl groups is 1. The molecule has 248 valence electrons. The highest BCUT2D eigenvalue weighted by Gasteiger charge is 2.25. The molecule has 0 fully saturated rings. The number of nitrogens with zero attached hydrogens (tertiary/aromatic N) is 2. The third-order valence-corrected chi connectivity index (χ3v) is 8.75. The van der Waals surface area contributed by atoms with E-state index in [4.69, 9.17) is 10.5 Å². The Balaban J connectivity index is 1.10. The summed E-state index contributed by atoms with van der Waals surface area (Å²) in [6.45, 7) is 3.85. The van der Waals surface area contributed by atoms with Gasteiger partial charge in [0.1, 0.15) is 5.78 Å². The number of ether oxygens (including phenoxy) is 1. The fourth-order valence-corrected chi connectivity index (χ4v) is 6.03. The smallest absolute Gasteiger partial charge is 0.163 e. The van der Waals surface area contributed by atoms with E-state index in [1.54, 1.807) is 12.1 Å². The molecule has 0 spiro atoms. The second kappa shape index (κ2) is 17.1. The number of rotatable bonds is 19. The van der Waals surface area contributed by atoms with Gasteiger partial charge in [-0.05, 0) is 65.6 Å². The Morgan fingerprint density at radius 3 is 2.68 bits per heavy atom. The lowest BCUT2D eigenvalue weighted by atomic mass is 9.99. The minimum absolute atomic E-state index is 0.0504. The van der Waals surface area contributed by atoms with E-state index in [1.165, 1.54) is 22.3 Å². The van der Waals surface area contributed by atoms with E-state index in [-0.39, 0.29) is 30.9 Å². The van der Waals surface area contributed by atoms with Crippen molar-refractivity contribution < 1.29 is 19.7 Å². The number of hydrogen-bond donors (Lipinski definition) is 4. The number of carbonyl (C=O) groups is 1. The van der Waals surface area contributed by atoms with E-state index in [0.29, 0.717) is 31.6 Å². The molecule has 5 rings (SSSR count). The molecule has 0 aromatic heterocycles. The molecular formula is C39H48N4O4. The largest absolute Gasteiger partial charge is 0.504 e. The van der Waals surface area contributed by atoms with E-state index >= 15 is 0 Å². The van der Waals surface area contributed by atoms with Crippen molar-refractivity contribution in [1.29, 1.82) is 0 Å². The van der Waals surface area contributed by atoms with Crippen LogP contribution < -0.4 is 15.8 Å². The summed E-state index contributed by atoms with van der Waals surface area (Å²) in [5, 5.41) is 24.0. The van der Waals surface area contributed by atoms with Crippen LogP contribution in [0.25, 0.3) is 0 Å². The zero-order valence-corrected chi connectivity index (χ0v) is 27.4. The number of ketones is 1. The minimum atomic E-state index is -0.567. The van der Waals surface area contributed by atoms with Crippen LogP contribution in [0.4, 0.5) is 0 Å². The molecule has 0 saturated carbocycles. The molecule has 2 unspecified atom stereocenters. The average Bonchev–Trinajstić information content (AvgIpc) is 3.65. The maximum absolute atomic E-state index is 12.4. The summed E-state index contributed by atoms with van der Waals surface area (Å²) in [6.07, 6.45) is 9.66. The lowest BCUT2D eigenvalue weighted by molar-refractivity contribution is -0.121. The van der Waals surface area contributed by atoms with Crippen LogP contribution in [0, 0.1) is 0 Å². The number of aliphatic hydroxyl groups excluding tert-OH is 1. The number of fused-ring (bicyclic) bond motifs is 1. The molecule has 47 heavy (non-hydrogen) atoms. The van der Waals surface area contributed by atoms with Gasteiger partial charge in [-0.1, -0.05) is 86.8 Å². The van der Waals surface area contributed by atoms with Crippen LogP contribution in [0.15, 0.2) is 101 Å². The van der Waals surface area contributed by atoms with Gasteiger partial charge in [-0.25, -0.2) is 0 Å². The van der Waals surface area contributed by atoms with Crippen molar-refractivity contribution in [2.45, 2.75) is 77.0 Å². The number of aryl methyl sites for hydroxylation is 1. The molecule has 2 heterocycles. The van der Waals surface area contributed by atoms with Gasteiger partial charge in [-0.15, -0.1) is 0 Å². The fourth-order valence-electron chi connectivity index (χ4n) is 6.03. The third kappa shape index (κ3) is 10.1. The molecule has 0 radical (unpaired) electrons. The highest BCUT2D eigenvalue weighted by Crippen LogP contribution is 2.32. The van der Waals surface area contributed by atoms with Crippen molar-refractivity contribution in [3.05, 3.63) is 118 Å². The monoisotopic (exact) mass is 636 g/mol. The molecule has 2 aliphatic heterocycles. The Bertz CT molecular complexity index is 1580. The fraction of sp³-hybridized carbons (Fsp3) is 0.385. The number of aliphatic imine (C=N–C) groups is 1. The lowest BCUT2D eigenvalue weighted by Crippen LogP contribution is -2.30. The second-order valence-electron chi connectivity index (χ2n) is 12.6. The molecule has 2 aliphatic rings. The van der Waals surface area contributed by atoms with E-state index in [0.717, 1.165) is 55.5 Å². The number of phenols is 1. The Hall–Kier alpha value is -4.24. The molecule has 5 N–H and O–H groups in total. The topological polar surface area (TPSA) is 120 Å². The summed E-state index contributed by atoms with van der Waals surface area (Å²) in [5.41, 5.74) is 14.2. The standard InChI is InChI=1S/C39H48N4O4/c1-2-3-5-13-33(44)23-34(45)16-14-29-15-17-37(46)38(22-29)47-27-43-25-35-32(24-42-36(35)26-43)21-30-11-8-12-31(20-30)39(40)41-19-18-28-9-6-4-7-10-28/h4,6-12,15,17,20,22,24,26,33,39,41,44,46H,2-3,5,13-14,16,18-19,21,23,25,27,40H2,1H3. The van der Waals surface area contributed by atoms with Crippen LogP contribution >= 0.6 is 0 Å². The van der Waals surface area contributed by atoms with E-state index in [2.05, 4.69) is 65.8 Å². The van der Waals surface area contributed by atoms with Crippen LogP contribution in [0.1, 0.15) is 73.9 Å². The number of aliphatic hydroxyl groups is 1. The van der Waals surface area contributed by atoms with Gasteiger partial charge < -0.3 is 25.6 Å². The van der Waals surface area contributed by atoms with Gasteiger partial charge in [-0.2, -0.15) is 0 Å². The molecule has 0 bridgehead atoms. The maximum Gasteiger partial charge on any atom is 0.163 e. The van der Waals surface area contributed by atoms with Gasteiger partial charge in [0, 0.05) is 43.9 Å². The summed E-state index contributed by atoms with van der Waals surface area (Å²) in [6, 6.07) is 24.0. The van der Waals surface area contributed by atoms with Crippen molar-refractivity contribution in [3.63, 3.8) is 0 Å². The molecule has 3 aromatic carbocycles. The minimum Gasteiger partial charge on any atom is -0.504 e. The number of nitrogens with one attached hydrogen (secondary N) is 1. The van der Waals surface area contributed by atoms with E-state index in [9.17, 15) is 15.0 Å². The predicted octanol–water partition coefficient (Wildman–Crippen LogP) is 6.13. The van der Waals surface area contributed by atoms with Gasteiger partial charge in [0.25, 0.3) is 0 Å². The van der Waals surface area contributed by atoms with Crippen LogP contribution in [0.5, 0.6) is 11.5 Å². The van der Waals surface area contributed by atoms with Gasteiger partial charge in [-0.3, -0.25) is 15.1 Å². The van der Waals surface area contributed by atoms with E-state index < -0.39 is 6.10 Å². The normalized spacial score (nSPS) is 15.1. The summed E-state index contributed by atoms with van der Waals surface area (Å²) in [7, 11) is 0. The lowest BCUT2D eigenvalue weighted by Gasteiger charge is -2.18. The van der Waals surface area contributed by atoms with Gasteiger partial charge >= 0.3 is 0 Å². The van der Waals surface area contributed by atoms with Crippen molar-refractivity contribution in [2.24, 2.45) is 10.7 Å². The van der Waals surface area contributed by atoms with E-state index in [1.807, 2.05) is 29.4 Å². The zero-order chi connectivity index (χ0) is 33.0. The highest BCUT2D eigenvalue weighted by atomic mass is 16.5. The summed E-state index contributed by atoms with van der Waals surface area (Å²) in [5.74, 6) is 0.492. The quantitative estimate of drug-likeness (QED) is 0.0923. The molecule has 8 nitrogen and oxygen atoms in total. The van der Waals surface area contributed by atoms with Crippen molar-refractivity contribution in [2.75, 3.05) is 19.8 Å². The number of Topliss-reactive ketones (excluding diaryl/α,β-unsaturated/α-hetero) is 1. The van der Waals surface area contributed by atoms with Crippen LogP contribution in [-0.2, 0) is 24.1 Å². The number of unbranched alkanes of at least 4 members (excludes halogenated alkanes) is 2. The number of hydrogen-bond acceptors (Lipinski definition) is 8. The summed E-state index contributed by atoms with van der Waals surface area (Å²) < 4.78 is 6.02. The Labute approximate surface area is 278 Å². The third-order valence-electron chi connectivity index (χ3n) is 8.75. The van der Waals surface area contributed by atoms with Gasteiger partial charge in [0.2, 0.25) is 0 Å². The second-order valence-corrected chi connectivity index (χ2v) is 12.6. The summed E-state index contributed by atoms with van der Waals surface area (Å²) >= 11 is 0. The molecular weight excluding hydrogens is 588 g/mol. The molecule has 3 aromatic rings. The molecule has 8 heteroatoms. The zero-order valence-electron chi connectivity index (χ0n) is 27.4. The number of carbonyl (C=O) groups excluding carboxylic acids is 1. The Morgan fingerprint density at radius 1 is 1.02 bits per heavy atom. The van der Waals surface area contributed by atoms with Crippen molar-refractivity contribution >= 4 is 12.0 Å². The first-order chi connectivity index (χ1) is 22.9. The average molecular weight is 637 g/mol. The molecule has 0 aliphatic carbocycles. The highest BCUT2D eigenvalue weighted by molar-refractivity contribution is 5.87. The van der Waals surface area contributed by atoms with Crippen LogP contribution in [0.2, 0.25) is 0 Å².